The fourth-order valence-corrected chi connectivity index (χ4v) is 3.10. The predicted molar refractivity (Wildman–Crippen MR) is 95.1 cm³/mol. The van der Waals surface area contributed by atoms with Crippen LogP contribution in [0.2, 0.25) is 5.02 Å². The summed E-state index contributed by atoms with van der Waals surface area (Å²) in [6.45, 7) is 4.81. The molecule has 136 valence electrons. The Morgan fingerprint density at radius 1 is 1.42 bits per heavy atom. The van der Waals surface area contributed by atoms with Crippen LogP contribution in [0.25, 0.3) is 11.4 Å². The Morgan fingerprint density at radius 2 is 2.23 bits per heavy atom. The first-order chi connectivity index (χ1) is 12.5. The number of halogens is 1. The molecule has 0 bridgehead atoms. The average Bonchev–Trinajstić information content (AvgIpc) is 3.08. The Labute approximate surface area is 155 Å². The van der Waals surface area contributed by atoms with Crippen molar-refractivity contribution in [1.29, 1.82) is 0 Å². The van der Waals surface area contributed by atoms with Crippen molar-refractivity contribution in [3.8, 4) is 11.4 Å². The van der Waals surface area contributed by atoms with E-state index in [1.165, 1.54) is 17.1 Å². The van der Waals surface area contributed by atoms with Gasteiger partial charge in [-0.05, 0) is 29.8 Å². The van der Waals surface area contributed by atoms with E-state index in [-0.39, 0.29) is 18.5 Å². The third-order valence-electron chi connectivity index (χ3n) is 4.00. The van der Waals surface area contributed by atoms with Crippen LogP contribution in [0.3, 0.4) is 0 Å². The van der Waals surface area contributed by atoms with Crippen LogP contribution < -0.4 is 5.73 Å². The molecule has 2 aromatic rings. The van der Waals surface area contributed by atoms with Gasteiger partial charge in [-0.25, -0.2) is 9.67 Å². The quantitative estimate of drug-likeness (QED) is 0.790. The molecule has 9 heteroatoms. The van der Waals surface area contributed by atoms with Crippen LogP contribution in [0, 0.1) is 0 Å². The molecule has 26 heavy (non-hydrogen) atoms. The number of ether oxygens (including phenoxy) is 1. The van der Waals surface area contributed by atoms with E-state index < -0.39 is 5.91 Å². The maximum absolute atomic E-state index is 12.1. The van der Waals surface area contributed by atoms with Crippen molar-refractivity contribution in [2.45, 2.75) is 12.6 Å². The smallest absolute Gasteiger partial charge is 0.246 e. The average molecular weight is 376 g/mol. The minimum Gasteiger partial charge on any atom is -0.377 e. The SMILES string of the molecule is C=CC(=O)N1CCOC[C@H]1c1cc(Cl)cc(-c2ncn(CC(N)=O)n2)c1. The van der Waals surface area contributed by atoms with Gasteiger partial charge in [-0.2, -0.15) is 5.10 Å². The van der Waals surface area contributed by atoms with E-state index in [1.807, 2.05) is 6.07 Å². The summed E-state index contributed by atoms with van der Waals surface area (Å²) in [7, 11) is 0. The molecule has 1 atom stereocenters. The maximum atomic E-state index is 12.1. The third-order valence-corrected chi connectivity index (χ3v) is 4.22. The second kappa shape index (κ2) is 7.67. The zero-order chi connectivity index (χ0) is 18.7. The van der Waals surface area contributed by atoms with Gasteiger partial charge in [-0.15, -0.1) is 0 Å². The van der Waals surface area contributed by atoms with E-state index in [2.05, 4.69) is 16.7 Å². The zero-order valence-corrected chi connectivity index (χ0v) is 14.7. The number of benzene rings is 1. The number of nitrogens with zero attached hydrogens (tertiary/aromatic N) is 4. The second-order valence-corrected chi connectivity index (χ2v) is 6.27. The largest absolute Gasteiger partial charge is 0.377 e. The summed E-state index contributed by atoms with van der Waals surface area (Å²) in [5.74, 6) is -0.261. The number of hydrogen-bond donors (Lipinski definition) is 1. The number of morpholine rings is 1. The maximum Gasteiger partial charge on any atom is 0.246 e. The molecule has 0 saturated carbocycles. The molecular weight excluding hydrogens is 358 g/mol. The van der Waals surface area contributed by atoms with Gasteiger partial charge in [0.15, 0.2) is 5.82 Å². The monoisotopic (exact) mass is 375 g/mol. The molecule has 8 nitrogen and oxygen atoms in total. The first-order valence-electron chi connectivity index (χ1n) is 7.97. The molecule has 2 amide bonds. The molecule has 0 unspecified atom stereocenters. The van der Waals surface area contributed by atoms with E-state index in [0.29, 0.717) is 36.2 Å². The molecule has 1 aliphatic rings. The van der Waals surface area contributed by atoms with Gasteiger partial charge >= 0.3 is 0 Å². The van der Waals surface area contributed by atoms with E-state index in [9.17, 15) is 9.59 Å². The summed E-state index contributed by atoms with van der Waals surface area (Å²) in [6, 6.07) is 5.09. The number of carbonyl (C=O) groups excluding carboxylic acids is 2. The number of primary amides is 1. The van der Waals surface area contributed by atoms with Crippen LogP contribution >= 0.6 is 11.6 Å². The van der Waals surface area contributed by atoms with E-state index in [1.54, 1.807) is 17.0 Å². The van der Waals surface area contributed by atoms with E-state index in [4.69, 9.17) is 22.1 Å². The molecule has 2 heterocycles. The van der Waals surface area contributed by atoms with E-state index >= 15 is 0 Å². The molecule has 1 aromatic carbocycles. The zero-order valence-electron chi connectivity index (χ0n) is 14.0. The van der Waals surface area contributed by atoms with Crippen molar-refractivity contribution in [1.82, 2.24) is 19.7 Å². The van der Waals surface area contributed by atoms with Crippen LogP contribution in [0.4, 0.5) is 0 Å². The fourth-order valence-electron chi connectivity index (χ4n) is 2.86. The Bertz CT molecular complexity index is 851. The fraction of sp³-hybridized carbons (Fsp3) is 0.294. The summed E-state index contributed by atoms with van der Waals surface area (Å²) in [6.07, 6.45) is 2.72. The highest BCUT2D eigenvalue weighted by Crippen LogP contribution is 2.30. The van der Waals surface area contributed by atoms with Crippen LogP contribution in [-0.4, -0.2) is 51.2 Å². The summed E-state index contributed by atoms with van der Waals surface area (Å²) in [5.41, 5.74) is 6.65. The molecule has 0 spiro atoms. The molecule has 1 fully saturated rings. The third kappa shape index (κ3) is 3.92. The highest BCUT2D eigenvalue weighted by Gasteiger charge is 2.28. The second-order valence-electron chi connectivity index (χ2n) is 5.83. The van der Waals surface area contributed by atoms with Gasteiger partial charge in [-0.3, -0.25) is 9.59 Å². The lowest BCUT2D eigenvalue weighted by atomic mass is 10.0. The Balaban J connectivity index is 1.94. The number of aromatic nitrogens is 3. The number of nitrogens with two attached hydrogens (primary N) is 1. The van der Waals surface area contributed by atoms with Crippen molar-refractivity contribution in [3.05, 3.63) is 47.8 Å². The lowest BCUT2D eigenvalue weighted by molar-refractivity contribution is -0.134. The van der Waals surface area contributed by atoms with Crippen molar-refractivity contribution in [2.24, 2.45) is 5.73 Å². The van der Waals surface area contributed by atoms with Crippen LogP contribution in [0.1, 0.15) is 11.6 Å². The molecule has 0 radical (unpaired) electrons. The predicted octanol–water partition coefficient (Wildman–Crippen LogP) is 1.17. The summed E-state index contributed by atoms with van der Waals surface area (Å²) in [5, 5.41) is 4.72. The van der Waals surface area contributed by atoms with Gasteiger partial charge in [-0.1, -0.05) is 18.2 Å². The summed E-state index contributed by atoms with van der Waals surface area (Å²) >= 11 is 6.27. The van der Waals surface area contributed by atoms with Crippen LogP contribution in [0.5, 0.6) is 0 Å². The summed E-state index contributed by atoms with van der Waals surface area (Å²) in [4.78, 5) is 29.0. The lowest BCUT2D eigenvalue weighted by Crippen LogP contribution is -2.42. The number of rotatable bonds is 5. The topological polar surface area (TPSA) is 103 Å². The van der Waals surface area contributed by atoms with Gasteiger partial charge < -0.3 is 15.4 Å². The number of hydrogen-bond acceptors (Lipinski definition) is 5. The minimum absolute atomic E-state index is 0.0570. The van der Waals surface area contributed by atoms with Crippen molar-refractivity contribution >= 4 is 23.4 Å². The molecule has 0 aliphatic carbocycles. The molecule has 1 saturated heterocycles. The van der Waals surface area contributed by atoms with Crippen molar-refractivity contribution in [2.75, 3.05) is 19.8 Å². The van der Waals surface area contributed by atoms with Crippen LogP contribution in [-0.2, 0) is 20.9 Å². The standard InChI is InChI=1S/C17H18ClN5O3/c1-2-16(25)23-3-4-26-9-14(23)11-5-12(7-13(18)6-11)17-20-10-22(21-17)8-15(19)24/h2,5-7,10,14H,1,3-4,8-9H2,(H2,19,24)/t14-/m0/s1. The van der Waals surface area contributed by atoms with Gasteiger partial charge in [0.2, 0.25) is 11.8 Å². The minimum atomic E-state index is -0.508. The van der Waals surface area contributed by atoms with Crippen molar-refractivity contribution < 1.29 is 14.3 Å². The van der Waals surface area contributed by atoms with Crippen LogP contribution in [0.15, 0.2) is 37.2 Å². The Hall–Kier alpha value is -2.71. The molecule has 1 aliphatic heterocycles. The summed E-state index contributed by atoms with van der Waals surface area (Å²) < 4.78 is 6.89. The van der Waals surface area contributed by atoms with Gasteiger partial charge in [0.1, 0.15) is 12.9 Å². The Kier molecular flexibility index (Phi) is 5.34. The van der Waals surface area contributed by atoms with E-state index in [0.717, 1.165) is 5.56 Å². The first-order valence-corrected chi connectivity index (χ1v) is 8.35. The molecule has 2 N–H and O–H groups in total. The van der Waals surface area contributed by atoms with Gasteiger partial charge in [0.05, 0.1) is 19.3 Å². The Morgan fingerprint density at radius 3 is 2.96 bits per heavy atom. The van der Waals surface area contributed by atoms with Gasteiger partial charge in [0, 0.05) is 17.1 Å². The number of carbonyl (C=O) groups is 2. The normalized spacial score (nSPS) is 17.1. The molecular formula is C17H18ClN5O3. The highest BCUT2D eigenvalue weighted by molar-refractivity contribution is 6.31. The first kappa shape index (κ1) is 18.1. The van der Waals surface area contributed by atoms with Gasteiger partial charge in [0.25, 0.3) is 0 Å². The van der Waals surface area contributed by atoms with Crippen molar-refractivity contribution in [3.63, 3.8) is 0 Å². The number of amides is 2. The lowest BCUT2D eigenvalue weighted by Gasteiger charge is -2.35. The molecule has 3 rings (SSSR count). The molecule has 1 aromatic heterocycles. The highest BCUT2D eigenvalue weighted by atomic mass is 35.5.